The number of carbonyl (C=O) groups excluding carboxylic acids is 3. The summed E-state index contributed by atoms with van der Waals surface area (Å²) in [6, 6.07) is 6.31. The fraction of sp³-hybridized carbons (Fsp3) is 0.485. The average molecular weight is 616 g/mol. The third-order valence-electron chi connectivity index (χ3n) is 9.09. The molecule has 3 fully saturated rings. The highest BCUT2D eigenvalue weighted by Crippen LogP contribution is 2.54. The minimum absolute atomic E-state index is 0.123. The van der Waals surface area contributed by atoms with E-state index in [1.807, 2.05) is 20.8 Å². The first-order valence-corrected chi connectivity index (χ1v) is 14.8. The van der Waals surface area contributed by atoms with Crippen molar-refractivity contribution in [2.75, 3.05) is 19.5 Å². The molecule has 0 aromatic heterocycles. The van der Waals surface area contributed by atoms with Gasteiger partial charge in [0.2, 0.25) is 5.91 Å². The predicted molar refractivity (Wildman–Crippen MR) is 157 cm³/mol. The zero-order chi connectivity index (χ0) is 32.1. The van der Waals surface area contributed by atoms with Crippen molar-refractivity contribution in [3.05, 3.63) is 70.6 Å². The smallest absolute Gasteiger partial charge is 0.419 e. The van der Waals surface area contributed by atoms with Crippen LogP contribution in [0.2, 0.25) is 0 Å². The Morgan fingerprint density at radius 3 is 2.27 bits per heavy atom. The molecule has 0 unspecified atom stereocenters. The van der Waals surface area contributed by atoms with Crippen molar-refractivity contribution < 1.29 is 36.7 Å². The van der Waals surface area contributed by atoms with Crippen molar-refractivity contribution in [3.8, 4) is 5.75 Å². The summed E-state index contributed by atoms with van der Waals surface area (Å²) >= 11 is 0. The number of amides is 3. The Bertz CT molecular complexity index is 1510. The Morgan fingerprint density at radius 1 is 0.977 bits per heavy atom. The molecule has 5 rings (SSSR count). The molecule has 3 amide bonds. The third-order valence-corrected chi connectivity index (χ3v) is 9.09. The molecular formula is C33H37F4N3O4. The molecule has 0 spiro atoms. The molecule has 236 valence electrons. The summed E-state index contributed by atoms with van der Waals surface area (Å²) in [5.41, 5.74) is -0.596. The Balaban J connectivity index is 1.44. The van der Waals surface area contributed by atoms with Crippen LogP contribution in [0.5, 0.6) is 5.75 Å². The summed E-state index contributed by atoms with van der Waals surface area (Å²) < 4.78 is 59.3. The summed E-state index contributed by atoms with van der Waals surface area (Å²) in [4.78, 5) is 42.3. The predicted octanol–water partition coefficient (Wildman–Crippen LogP) is 6.45. The molecule has 11 heteroatoms. The van der Waals surface area contributed by atoms with Gasteiger partial charge >= 0.3 is 6.18 Å². The average Bonchev–Trinajstić information content (AvgIpc) is 3.64. The molecule has 3 aliphatic rings. The second kappa shape index (κ2) is 11.6. The number of fused-ring (bicyclic) bond motifs is 2. The van der Waals surface area contributed by atoms with Gasteiger partial charge in [-0.2, -0.15) is 13.2 Å². The van der Waals surface area contributed by atoms with Crippen molar-refractivity contribution >= 4 is 23.4 Å². The molecule has 0 saturated heterocycles. The van der Waals surface area contributed by atoms with E-state index in [1.54, 1.807) is 24.1 Å². The van der Waals surface area contributed by atoms with Gasteiger partial charge in [0.25, 0.3) is 11.8 Å². The number of methoxy groups -OCH3 is 1. The van der Waals surface area contributed by atoms with Gasteiger partial charge in [-0.3, -0.25) is 14.4 Å². The van der Waals surface area contributed by atoms with E-state index >= 15 is 0 Å². The van der Waals surface area contributed by atoms with Crippen molar-refractivity contribution in [2.24, 2.45) is 23.7 Å². The Morgan fingerprint density at radius 2 is 1.66 bits per heavy atom. The highest BCUT2D eigenvalue weighted by molar-refractivity contribution is 6.02. The van der Waals surface area contributed by atoms with Crippen LogP contribution in [0.4, 0.5) is 23.2 Å². The number of alkyl halides is 3. The summed E-state index contributed by atoms with van der Waals surface area (Å²) in [5.74, 6) is -3.20. The number of allylic oxidation sites excluding steroid dienone is 1. The largest absolute Gasteiger partial charge is 0.496 e. The fourth-order valence-corrected chi connectivity index (χ4v) is 6.35. The first kappa shape index (κ1) is 31.5. The second-order valence-corrected chi connectivity index (χ2v) is 13.0. The molecule has 2 N–H and O–H groups in total. The number of carbonyl (C=O) groups is 3. The van der Waals surface area contributed by atoms with Gasteiger partial charge in [0.1, 0.15) is 11.6 Å². The van der Waals surface area contributed by atoms with Crippen LogP contribution in [0.3, 0.4) is 0 Å². The van der Waals surface area contributed by atoms with Gasteiger partial charge in [-0.05, 0) is 94.7 Å². The monoisotopic (exact) mass is 615 g/mol. The number of nitrogens with one attached hydrogen (secondary N) is 2. The van der Waals surface area contributed by atoms with Crippen LogP contribution in [-0.4, -0.2) is 48.4 Å². The summed E-state index contributed by atoms with van der Waals surface area (Å²) in [7, 11) is 3.09. The summed E-state index contributed by atoms with van der Waals surface area (Å²) in [6.07, 6.45) is 0.818. The number of hydrogen-bond acceptors (Lipinski definition) is 4. The van der Waals surface area contributed by atoms with Crippen molar-refractivity contribution in [1.82, 2.24) is 10.2 Å². The van der Waals surface area contributed by atoms with Crippen LogP contribution in [0.1, 0.15) is 72.7 Å². The van der Waals surface area contributed by atoms with E-state index in [2.05, 4.69) is 16.7 Å². The first-order valence-electron chi connectivity index (χ1n) is 14.8. The van der Waals surface area contributed by atoms with Gasteiger partial charge in [0.05, 0.1) is 24.2 Å². The minimum Gasteiger partial charge on any atom is -0.496 e. The molecule has 3 aliphatic carbocycles. The van der Waals surface area contributed by atoms with E-state index in [-0.39, 0.29) is 34.7 Å². The topological polar surface area (TPSA) is 87.7 Å². The number of ether oxygens (including phenoxy) is 1. The molecule has 0 radical (unpaired) electrons. The molecular weight excluding hydrogens is 578 g/mol. The molecule has 2 aromatic rings. The van der Waals surface area contributed by atoms with Gasteiger partial charge in [0.15, 0.2) is 0 Å². The molecule has 0 aliphatic heterocycles. The lowest BCUT2D eigenvalue weighted by molar-refractivity contribution is -0.140. The minimum atomic E-state index is -4.93. The highest BCUT2D eigenvalue weighted by atomic mass is 19.4. The van der Waals surface area contributed by atoms with Crippen LogP contribution in [0.25, 0.3) is 0 Å². The van der Waals surface area contributed by atoms with E-state index in [1.165, 1.54) is 13.2 Å². The lowest BCUT2D eigenvalue weighted by Crippen LogP contribution is -2.48. The molecule has 4 atom stereocenters. The normalized spacial score (nSPS) is 23.9. The molecule has 2 aromatic carbocycles. The number of benzene rings is 2. The van der Waals surface area contributed by atoms with E-state index in [4.69, 9.17) is 4.74 Å². The van der Waals surface area contributed by atoms with E-state index in [9.17, 15) is 31.9 Å². The zero-order valence-electron chi connectivity index (χ0n) is 25.3. The number of anilines is 1. The number of hydrogen-bond donors (Lipinski definition) is 2. The maximum absolute atomic E-state index is 13.9. The lowest BCUT2D eigenvalue weighted by atomic mass is 9.83. The van der Waals surface area contributed by atoms with Crippen molar-refractivity contribution in [3.63, 3.8) is 0 Å². The lowest BCUT2D eigenvalue weighted by Gasteiger charge is -2.32. The van der Waals surface area contributed by atoms with Crippen LogP contribution in [0.15, 0.2) is 48.0 Å². The van der Waals surface area contributed by atoms with Gasteiger partial charge in [-0.25, -0.2) is 4.39 Å². The number of halogens is 4. The molecule has 2 bridgehead atoms. The maximum Gasteiger partial charge on any atom is 0.419 e. The second-order valence-electron chi connectivity index (χ2n) is 13.0. The quantitative estimate of drug-likeness (QED) is 0.277. The maximum atomic E-state index is 13.9. The van der Waals surface area contributed by atoms with Crippen molar-refractivity contribution in [2.45, 2.75) is 64.2 Å². The van der Waals surface area contributed by atoms with Gasteiger partial charge < -0.3 is 20.3 Å². The Labute approximate surface area is 254 Å². The molecule has 44 heavy (non-hydrogen) atoms. The third kappa shape index (κ3) is 6.19. The number of nitrogens with zero attached hydrogens (tertiary/aromatic N) is 1. The summed E-state index contributed by atoms with van der Waals surface area (Å²) in [5, 5.41) is 5.58. The Hall–Kier alpha value is -3.89. The first-order chi connectivity index (χ1) is 20.6. The summed E-state index contributed by atoms with van der Waals surface area (Å²) in [6.45, 7) is 5.68. The SMILES string of the molecule is COc1ccc(C(=O)N(C)C(C)(C)C)cc1C(=O)N[C@H]1[C@@H](C(=O)Nc2ccc(F)c(C(F)(F)F)c2)[C@H]2CC[C@@H]1/C2=C\C1CC1. The van der Waals surface area contributed by atoms with Gasteiger partial charge in [0, 0.05) is 35.8 Å². The highest BCUT2D eigenvalue weighted by Gasteiger charge is 2.55. The Kier molecular flexibility index (Phi) is 8.28. The van der Waals surface area contributed by atoms with E-state index in [0.29, 0.717) is 30.0 Å². The van der Waals surface area contributed by atoms with Gasteiger partial charge in [-0.15, -0.1) is 0 Å². The van der Waals surface area contributed by atoms with Crippen LogP contribution in [0, 0.1) is 29.5 Å². The fourth-order valence-electron chi connectivity index (χ4n) is 6.35. The zero-order valence-corrected chi connectivity index (χ0v) is 25.3. The van der Waals surface area contributed by atoms with E-state index in [0.717, 1.165) is 30.9 Å². The molecule has 7 nitrogen and oxygen atoms in total. The van der Waals surface area contributed by atoms with Crippen LogP contribution < -0.4 is 15.4 Å². The van der Waals surface area contributed by atoms with Gasteiger partial charge in [-0.1, -0.05) is 11.6 Å². The van der Waals surface area contributed by atoms with Crippen LogP contribution in [-0.2, 0) is 11.0 Å². The van der Waals surface area contributed by atoms with E-state index < -0.39 is 46.9 Å². The molecule has 3 saturated carbocycles. The molecule has 0 heterocycles. The van der Waals surface area contributed by atoms with Crippen LogP contribution >= 0.6 is 0 Å². The van der Waals surface area contributed by atoms with Crippen molar-refractivity contribution in [1.29, 1.82) is 0 Å². The number of rotatable bonds is 7. The standard InChI is InChI=1S/C33H37F4N3O4/c1-32(2,3)40(4)31(43)18-8-13-26(44-5)23(15-18)29(41)39-28-21-11-10-20(22(21)14-17-6-7-17)27(28)30(42)38-19-9-12-25(34)24(16-19)33(35,36)37/h8-9,12-17,20-21,27-28H,6-7,10-11H2,1-5H3,(H,38,42)(H,39,41)/b22-14-/t20-,21+,27-,28+/m0/s1.